The average molecular weight is 434 g/mol. The van der Waals surface area contributed by atoms with Crippen molar-refractivity contribution in [1.82, 2.24) is 0 Å². The van der Waals surface area contributed by atoms with Crippen LogP contribution in [0, 0.1) is 13.8 Å². The topological polar surface area (TPSA) is 38.7 Å². The van der Waals surface area contributed by atoms with Gasteiger partial charge in [0.05, 0.1) is 5.69 Å². The second kappa shape index (κ2) is 9.29. The normalized spacial score (nSPS) is 11.2. The molecule has 0 fully saturated rings. The van der Waals surface area contributed by atoms with Crippen molar-refractivity contribution >= 4 is 39.9 Å². The molecule has 0 saturated carbocycles. The van der Waals surface area contributed by atoms with Crippen LogP contribution in [0.2, 0.25) is 0 Å². The molecule has 3 aromatic rings. The quantitative estimate of drug-likeness (QED) is 0.201. The highest BCUT2D eigenvalue weighted by molar-refractivity contribution is 9.10. The van der Waals surface area contributed by atoms with E-state index in [2.05, 4.69) is 39.1 Å². The summed E-state index contributed by atoms with van der Waals surface area (Å²) in [4.78, 5) is 16.5. The Morgan fingerprint density at radius 1 is 0.929 bits per heavy atom. The zero-order chi connectivity index (χ0) is 19.9. The van der Waals surface area contributed by atoms with Crippen LogP contribution in [-0.4, -0.2) is 12.2 Å². The van der Waals surface area contributed by atoms with Crippen molar-refractivity contribution in [2.45, 2.75) is 13.8 Å². The third-order valence-electron chi connectivity index (χ3n) is 4.10. The van der Waals surface area contributed by atoms with E-state index in [9.17, 15) is 4.79 Å². The van der Waals surface area contributed by atoms with E-state index in [-0.39, 0.29) is 0 Å². The Morgan fingerprint density at radius 3 is 2.32 bits per heavy atom. The van der Waals surface area contributed by atoms with Crippen molar-refractivity contribution < 1.29 is 9.53 Å². The first-order chi connectivity index (χ1) is 13.5. The number of nitrogens with zero attached hydrogens (tertiary/aromatic N) is 1. The summed E-state index contributed by atoms with van der Waals surface area (Å²) in [5, 5.41) is 0. The molecule has 0 aliphatic rings. The molecule has 140 valence electrons. The van der Waals surface area contributed by atoms with Gasteiger partial charge >= 0.3 is 5.97 Å². The van der Waals surface area contributed by atoms with Gasteiger partial charge in [-0.25, -0.2) is 4.79 Å². The number of aliphatic imine (C=N–C) groups is 1. The van der Waals surface area contributed by atoms with Crippen LogP contribution in [0.25, 0.3) is 6.08 Å². The molecular formula is C24H20BrNO2. The lowest BCUT2D eigenvalue weighted by atomic mass is 10.1. The molecule has 0 amide bonds. The van der Waals surface area contributed by atoms with Gasteiger partial charge in [-0.3, -0.25) is 4.99 Å². The molecule has 3 nitrogen and oxygen atoms in total. The van der Waals surface area contributed by atoms with Crippen LogP contribution in [-0.2, 0) is 4.79 Å². The standard InChI is InChI=1S/C24H20BrNO2/c1-17-3-4-18(2)23(15-17)26-16-20-7-12-22(13-8-20)28-24(27)14-9-19-5-10-21(25)11-6-19/h3-16H,1-2H3. The number of carbonyl (C=O) groups is 1. The van der Waals surface area contributed by atoms with E-state index in [0.717, 1.165) is 26.9 Å². The fourth-order valence-corrected chi connectivity index (χ4v) is 2.78. The van der Waals surface area contributed by atoms with Gasteiger partial charge in [-0.2, -0.15) is 0 Å². The molecule has 3 aromatic carbocycles. The number of hydrogen-bond donors (Lipinski definition) is 0. The number of halogens is 1. The molecule has 0 aliphatic heterocycles. The lowest BCUT2D eigenvalue weighted by Gasteiger charge is -2.03. The molecule has 0 atom stereocenters. The van der Waals surface area contributed by atoms with E-state index >= 15 is 0 Å². The summed E-state index contributed by atoms with van der Waals surface area (Å²) in [6.45, 7) is 4.09. The molecule has 4 heteroatoms. The largest absolute Gasteiger partial charge is 0.423 e. The molecule has 0 heterocycles. The second-order valence-electron chi connectivity index (χ2n) is 6.42. The number of hydrogen-bond acceptors (Lipinski definition) is 3. The van der Waals surface area contributed by atoms with E-state index < -0.39 is 5.97 Å². The SMILES string of the molecule is Cc1ccc(C)c(N=Cc2ccc(OC(=O)C=Cc3ccc(Br)cc3)cc2)c1. The smallest absolute Gasteiger partial charge is 0.336 e. The van der Waals surface area contributed by atoms with E-state index in [1.54, 1.807) is 24.4 Å². The molecule has 3 rings (SSSR count). The Bertz CT molecular complexity index is 1020. The van der Waals surface area contributed by atoms with Gasteiger partial charge in [0.25, 0.3) is 0 Å². The Morgan fingerprint density at radius 2 is 1.61 bits per heavy atom. The minimum atomic E-state index is -0.417. The summed E-state index contributed by atoms with van der Waals surface area (Å²) in [6.07, 6.45) is 4.94. The van der Waals surface area contributed by atoms with Gasteiger partial charge < -0.3 is 4.74 Å². The van der Waals surface area contributed by atoms with Gasteiger partial charge in [0.1, 0.15) is 5.75 Å². The lowest BCUT2D eigenvalue weighted by molar-refractivity contribution is -0.128. The van der Waals surface area contributed by atoms with Crippen LogP contribution in [0.1, 0.15) is 22.3 Å². The highest BCUT2D eigenvalue weighted by Crippen LogP contribution is 2.20. The minimum absolute atomic E-state index is 0.417. The second-order valence-corrected chi connectivity index (χ2v) is 7.34. The summed E-state index contributed by atoms with van der Waals surface area (Å²) in [6, 6.07) is 21.1. The first-order valence-electron chi connectivity index (χ1n) is 8.86. The van der Waals surface area contributed by atoms with Crippen molar-refractivity contribution in [2.24, 2.45) is 4.99 Å². The van der Waals surface area contributed by atoms with Gasteiger partial charge in [0, 0.05) is 16.8 Å². The number of benzene rings is 3. The van der Waals surface area contributed by atoms with Gasteiger partial charge in [0.2, 0.25) is 0 Å². The molecule has 0 aliphatic carbocycles. The summed E-state index contributed by atoms with van der Waals surface area (Å²) >= 11 is 3.38. The molecule has 0 bridgehead atoms. The summed E-state index contributed by atoms with van der Waals surface area (Å²) in [5.74, 6) is 0.0778. The van der Waals surface area contributed by atoms with Gasteiger partial charge in [0.15, 0.2) is 0 Å². The first kappa shape index (κ1) is 19.8. The van der Waals surface area contributed by atoms with Crippen molar-refractivity contribution in [3.63, 3.8) is 0 Å². The fourth-order valence-electron chi connectivity index (χ4n) is 2.51. The van der Waals surface area contributed by atoms with Crippen LogP contribution < -0.4 is 4.74 Å². The molecule has 0 unspecified atom stereocenters. The van der Waals surface area contributed by atoms with Crippen molar-refractivity contribution in [3.05, 3.63) is 99.5 Å². The van der Waals surface area contributed by atoms with Gasteiger partial charge in [-0.05, 0) is 84.6 Å². The number of carbonyl (C=O) groups excluding carboxylic acids is 1. The van der Waals surface area contributed by atoms with E-state index in [1.165, 1.54) is 11.6 Å². The molecule has 0 aromatic heterocycles. The predicted octanol–water partition coefficient (Wildman–Crippen LogP) is 6.44. The maximum Gasteiger partial charge on any atom is 0.336 e. The maximum atomic E-state index is 12.0. The lowest BCUT2D eigenvalue weighted by Crippen LogP contribution is -2.03. The van der Waals surface area contributed by atoms with Crippen LogP contribution in [0.5, 0.6) is 5.75 Å². The van der Waals surface area contributed by atoms with Gasteiger partial charge in [-0.1, -0.05) is 40.2 Å². The highest BCUT2D eigenvalue weighted by Gasteiger charge is 2.01. The molecule has 0 radical (unpaired) electrons. The third-order valence-corrected chi connectivity index (χ3v) is 4.63. The first-order valence-corrected chi connectivity index (χ1v) is 9.66. The fraction of sp³-hybridized carbons (Fsp3) is 0.0833. The molecular weight excluding hydrogens is 414 g/mol. The number of rotatable bonds is 5. The number of aryl methyl sites for hydroxylation is 2. The summed E-state index contributed by atoms with van der Waals surface area (Å²) < 4.78 is 6.33. The minimum Gasteiger partial charge on any atom is -0.423 e. The van der Waals surface area contributed by atoms with Crippen LogP contribution >= 0.6 is 15.9 Å². The third kappa shape index (κ3) is 5.76. The van der Waals surface area contributed by atoms with Crippen molar-refractivity contribution in [1.29, 1.82) is 0 Å². The summed E-state index contributed by atoms with van der Waals surface area (Å²) in [5.41, 5.74) is 5.12. The monoisotopic (exact) mass is 433 g/mol. The molecule has 0 spiro atoms. The summed E-state index contributed by atoms with van der Waals surface area (Å²) in [7, 11) is 0. The zero-order valence-electron chi connectivity index (χ0n) is 15.7. The predicted molar refractivity (Wildman–Crippen MR) is 118 cm³/mol. The Hall–Kier alpha value is -2.98. The number of esters is 1. The molecule has 0 saturated heterocycles. The van der Waals surface area contributed by atoms with Crippen molar-refractivity contribution in [2.75, 3.05) is 0 Å². The van der Waals surface area contributed by atoms with Crippen LogP contribution in [0.4, 0.5) is 5.69 Å². The van der Waals surface area contributed by atoms with Crippen molar-refractivity contribution in [3.8, 4) is 5.75 Å². The van der Waals surface area contributed by atoms with E-state index in [1.807, 2.05) is 50.2 Å². The Balaban J connectivity index is 1.60. The molecule has 0 N–H and O–H groups in total. The molecule has 28 heavy (non-hydrogen) atoms. The Labute approximate surface area is 173 Å². The van der Waals surface area contributed by atoms with Gasteiger partial charge in [-0.15, -0.1) is 0 Å². The number of ether oxygens (including phenoxy) is 1. The maximum absolute atomic E-state index is 12.0. The van der Waals surface area contributed by atoms with Crippen LogP contribution in [0.3, 0.4) is 0 Å². The Kier molecular flexibility index (Phi) is 6.56. The average Bonchev–Trinajstić information content (AvgIpc) is 2.69. The van der Waals surface area contributed by atoms with E-state index in [4.69, 9.17) is 4.74 Å². The van der Waals surface area contributed by atoms with E-state index in [0.29, 0.717) is 5.75 Å². The highest BCUT2D eigenvalue weighted by atomic mass is 79.9. The van der Waals surface area contributed by atoms with Crippen LogP contribution in [0.15, 0.2) is 82.3 Å². The zero-order valence-corrected chi connectivity index (χ0v) is 17.3.